The summed E-state index contributed by atoms with van der Waals surface area (Å²) >= 11 is 0. The van der Waals surface area contributed by atoms with E-state index >= 15 is 0 Å². The first-order chi connectivity index (χ1) is 11.7. The van der Waals surface area contributed by atoms with Gasteiger partial charge in [0.2, 0.25) is 0 Å². The zero-order chi connectivity index (χ0) is 19.0. The lowest BCUT2D eigenvalue weighted by Gasteiger charge is -2.35. The Morgan fingerprint density at radius 3 is 2.12 bits per heavy atom. The van der Waals surface area contributed by atoms with Gasteiger partial charge >= 0.3 is 0 Å². The molecule has 0 unspecified atom stereocenters. The van der Waals surface area contributed by atoms with Crippen LogP contribution in [0.3, 0.4) is 0 Å². The van der Waals surface area contributed by atoms with E-state index < -0.39 is 13.7 Å². The first-order valence-electron chi connectivity index (χ1n) is 9.20. The van der Waals surface area contributed by atoms with Gasteiger partial charge in [-0.3, -0.25) is 0 Å². The van der Waals surface area contributed by atoms with Gasteiger partial charge in [0.15, 0.2) is 8.32 Å². The summed E-state index contributed by atoms with van der Waals surface area (Å²) < 4.78 is 6.13. The number of hydrogen-bond acceptors (Lipinski definition) is 3. The molecule has 0 radical (unpaired) electrons. The van der Waals surface area contributed by atoms with Crippen LogP contribution in [-0.4, -0.2) is 38.4 Å². The summed E-state index contributed by atoms with van der Waals surface area (Å²) in [7, 11) is -1.70. The monoisotopic (exact) mass is 364 g/mol. The lowest BCUT2D eigenvalue weighted by molar-refractivity contribution is 0.0480. The highest BCUT2D eigenvalue weighted by Gasteiger charge is 2.36. The van der Waals surface area contributed by atoms with Crippen LogP contribution < -0.4 is 0 Å². The second kappa shape index (κ2) is 9.67. The van der Waals surface area contributed by atoms with Crippen LogP contribution in [0.25, 0.3) is 0 Å². The summed E-state index contributed by atoms with van der Waals surface area (Å²) in [6, 6.07) is 10.1. The van der Waals surface area contributed by atoms with Crippen LogP contribution in [0.2, 0.25) is 18.1 Å². The molecule has 25 heavy (non-hydrogen) atoms. The number of allylic oxidation sites excluding steroid dienone is 1. The SMILES string of the molecule is CC(C)(C)[Si](C)(C)OC/C=C/CCC(CO)(CO)Cc1ccccc1. The zero-order valence-electron chi connectivity index (χ0n) is 16.6. The number of benzene rings is 1. The summed E-state index contributed by atoms with van der Waals surface area (Å²) in [4.78, 5) is 0. The molecule has 142 valence electrons. The van der Waals surface area contributed by atoms with Gasteiger partial charge in [0.05, 0.1) is 19.8 Å². The maximum atomic E-state index is 9.83. The number of rotatable bonds is 10. The fraction of sp³-hybridized carbons (Fsp3) is 0.619. The molecule has 0 saturated carbocycles. The molecule has 0 aromatic heterocycles. The third-order valence-electron chi connectivity index (χ3n) is 5.45. The van der Waals surface area contributed by atoms with Gasteiger partial charge < -0.3 is 14.6 Å². The van der Waals surface area contributed by atoms with Crippen molar-refractivity contribution >= 4 is 8.32 Å². The average Bonchev–Trinajstić information content (AvgIpc) is 2.56. The largest absolute Gasteiger partial charge is 0.413 e. The second-order valence-electron chi connectivity index (χ2n) is 8.56. The lowest BCUT2D eigenvalue weighted by atomic mass is 9.79. The molecule has 0 aliphatic carbocycles. The van der Waals surface area contributed by atoms with Crippen molar-refractivity contribution in [1.29, 1.82) is 0 Å². The molecule has 0 aliphatic rings. The third kappa shape index (κ3) is 7.06. The molecule has 0 fully saturated rings. The van der Waals surface area contributed by atoms with Crippen LogP contribution in [-0.2, 0) is 10.8 Å². The molecule has 3 nitrogen and oxygen atoms in total. The van der Waals surface area contributed by atoms with E-state index in [0.717, 1.165) is 18.4 Å². The summed E-state index contributed by atoms with van der Waals surface area (Å²) in [5, 5.41) is 19.9. The predicted octanol–water partition coefficient (Wildman–Crippen LogP) is 4.56. The predicted molar refractivity (Wildman–Crippen MR) is 108 cm³/mol. The van der Waals surface area contributed by atoms with Gasteiger partial charge in [0.25, 0.3) is 0 Å². The molecule has 1 aromatic carbocycles. The van der Waals surface area contributed by atoms with Gasteiger partial charge in [-0.1, -0.05) is 63.3 Å². The Morgan fingerprint density at radius 1 is 1.00 bits per heavy atom. The molecule has 2 N–H and O–H groups in total. The van der Waals surface area contributed by atoms with E-state index in [1.165, 1.54) is 0 Å². The van der Waals surface area contributed by atoms with Gasteiger partial charge in [0, 0.05) is 5.41 Å². The Morgan fingerprint density at radius 2 is 1.60 bits per heavy atom. The van der Waals surface area contributed by atoms with E-state index in [1.807, 2.05) is 30.3 Å². The molecule has 0 saturated heterocycles. The second-order valence-corrected chi connectivity index (χ2v) is 13.4. The zero-order valence-corrected chi connectivity index (χ0v) is 17.6. The van der Waals surface area contributed by atoms with Crippen LogP contribution in [0.15, 0.2) is 42.5 Å². The van der Waals surface area contributed by atoms with Gasteiger partial charge in [-0.05, 0) is 43.0 Å². The molecule has 0 spiro atoms. The third-order valence-corrected chi connectivity index (χ3v) is 9.95. The van der Waals surface area contributed by atoms with Crippen molar-refractivity contribution in [3.63, 3.8) is 0 Å². The Balaban J connectivity index is 2.50. The van der Waals surface area contributed by atoms with Crippen molar-refractivity contribution in [3.8, 4) is 0 Å². The maximum absolute atomic E-state index is 9.83. The average molecular weight is 365 g/mol. The summed E-state index contributed by atoms with van der Waals surface area (Å²) in [5.41, 5.74) is 0.683. The number of hydrogen-bond donors (Lipinski definition) is 2. The molecule has 0 bridgehead atoms. The van der Waals surface area contributed by atoms with Crippen LogP contribution >= 0.6 is 0 Å². The lowest BCUT2D eigenvalue weighted by Crippen LogP contribution is -2.40. The fourth-order valence-electron chi connectivity index (χ4n) is 2.49. The van der Waals surface area contributed by atoms with Crippen LogP contribution in [0.5, 0.6) is 0 Å². The molecule has 0 amide bonds. The van der Waals surface area contributed by atoms with Crippen LogP contribution in [0.1, 0.15) is 39.2 Å². The van der Waals surface area contributed by atoms with Gasteiger partial charge in [-0.25, -0.2) is 0 Å². The first kappa shape index (κ1) is 22.1. The maximum Gasteiger partial charge on any atom is 0.192 e. The minimum atomic E-state index is -1.70. The van der Waals surface area contributed by atoms with E-state index in [4.69, 9.17) is 4.43 Å². The summed E-state index contributed by atoms with van der Waals surface area (Å²) in [6.45, 7) is 11.8. The van der Waals surface area contributed by atoms with Gasteiger partial charge in [0.1, 0.15) is 0 Å². The van der Waals surface area contributed by atoms with Crippen molar-refractivity contribution in [3.05, 3.63) is 48.0 Å². The molecule has 4 heteroatoms. The standard InChI is InChI=1S/C21H36O3Si/c1-20(2,3)25(4,5)24-15-11-7-10-14-21(17-22,18-23)16-19-12-8-6-9-13-19/h6-9,11-13,22-23H,10,14-18H2,1-5H3/b11-7+. The van der Waals surface area contributed by atoms with E-state index in [2.05, 4.69) is 46.0 Å². The van der Waals surface area contributed by atoms with E-state index in [0.29, 0.717) is 13.0 Å². The summed E-state index contributed by atoms with van der Waals surface area (Å²) in [5.74, 6) is 0. The van der Waals surface area contributed by atoms with Crippen molar-refractivity contribution < 1.29 is 14.6 Å². The van der Waals surface area contributed by atoms with Gasteiger partial charge in [-0.2, -0.15) is 0 Å². The van der Waals surface area contributed by atoms with Crippen LogP contribution in [0.4, 0.5) is 0 Å². The normalized spacial score (nSPS) is 13.6. The smallest absolute Gasteiger partial charge is 0.192 e. The van der Waals surface area contributed by atoms with E-state index in [9.17, 15) is 10.2 Å². The first-order valence-corrected chi connectivity index (χ1v) is 12.1. The van der Waals surface area contributed by atoms with Crippen molar-refractivity contribution in [2.24, 2.45) is 5.41 Å². The molecule has 0 atom stereocenters. The minimum absolute atomic E-state index is 0.00724. The van der Waals surface area contributed by atoms with E-state index in [1.54, 1.807) is 0 Å². The summed E-state index contributed by atoms with van der Waals surface area (Å²) in [6.07, 6.45) is 6.45. The molecule has 0 aliphatic heterocycles. The van der Waals surface area contributed by atoms with Crippen molar-refractivity contribution in [2.75, 3.05) is 19.8 Å². The topological polar surface area (TPSA) is 49.7 Å². The Bertz CT molecular complexity index is 514. The molecular formula is C21H36O3Si. The van der Waals surface area contributed by atoms with Crippen molar-refractivity contribution in [2.45, 2.75) is 58.2 Å². The highest BCUT2D eigenvalue weighted by molar-refractivity contribution is 6.74. The fourth-order valence-corrected chi connectivity index (χ4v) is 3.43. The quantitative estimate of drug-likeness (QED) is 0.473. The van der Waals surface area contributed by atoms with Crippen LogP contribution in [0, 0.1) is 5.41 Å². The molecule has 0 heterocycles. The highest BCUT2D eigenvalue weighted by atomic mass is 28.4. The number of aliphatic hydroxyl groups excluding tert-OH is 2. The number of aliphatic hydroxyl groups is 2. The molecule has 1 rings (SSSR count). The van der Waals surface area contributed by atoms with E-state index in [-0.39, 0.29) is 18.3 Å². The minimum Gasteiger partial charge on any atom is -0.413 e. The van der Waals surface area contributed by atoms with Crippen molar-refractivity contribution in [1.82, 2.24) is 0 Å². The Labute approximate surface area is 154 Å². The Kier molecular flexibility index (Phi) is 8.55. The van der Waals surface area contributed by atoms with Gasteiger partial charge in [-0.15, -0.1) is 0 Å². The Hall–Kier alpha value is -0.943. The molecule has 1 aromatic rings. The highest BCUT2D eigenvalue weighted by Crippen LogP contribution is 2.36. The molecular weight excluding hydrogens is 328 g/mol.